The second kappa shape index (κ2) is 8.09. The highest BCUT2D eigenvalue weighted by Crippen LogP contribution is 2.22. The van der Waals surface area contributed by atoms with Gasteiger partial charge in [-0.25, -0.2) is 4.98 Å². The van der Waals surface area contributed by atoms with E-state index in [2.05, 4.69) is 19.8 Å². The predicted octanol–water partition coefficient (Wildman–Crippen LogP) is 2.49. The predicted molar refractivity (Wildman–Crippen MR) is 98.4 cm³/mol. The number of hydrogen-bond acceptors (Lipinski definition) is 7. The van der Waals surface area contributed by atoms with Gasteiger partial charge in [-0.2, -0.15) is 4.98 Å². The Morgan fingerprint density at radius 3 is 2.81 bits per heavy atom. The summed E-state index contributed by atoms with van der Waals surface area (Å²) in [5.41, 5.74) is 1.21. The number of likely N-dealkylation sites (N-methyl/N-ethyl adjacent to an activating group) is 1. The number of nitro benzene ring substituents is 1. The fraction of sp³-hybridized carbons (Fsp3) is 0.444. The number of benzene rings is 1. The molecule has 0 spiro atoms. The van der Waals surface area contributed by atoms with Crippen LogP contribution in [-0.2, 0) is 6.54 Å². The minimum Gasteiger partial charge on any atom is -0.481 e. The number of non-ortho nitro benzene ring substituents is 1. The molecule has 26 heavy (non-hydrogen) atoms. The van der Waals surface area contributed by atoms with E-state index >= 15 is 0 Å². The molecule has 138 valence electrons. The number of methoxy groups -OCH3 is 1. The third-order valence-corrected chi connectivity index (χ3v) is 4.72. The highest BCUT2D eigenvalue weighted by Gasteiger charge is 2.25. The van der Waals surface area contributed by atoms with Crippen LogP contribution in [0.1, 0.15) is 18.4 Å². The molecule has 0 saturated carbocycles. The average Bonchev–Trinajstić information content (AvgIpc) is 2.68. The van der Waals surface area contributed by atoms with Gasteiger partial charge in [-0.15, -0.1) is 0 Å². The molecule has 1 atom stereocenters. The van der Waals surface area contributed by atoms with Crippen molar-refractivity contribution in [1.82, 2.24) is 14.9 Å². The van der Waals surface area contributed by atoms with Crippen LogP contribution < -0.4 is 9.64 Å². The zero-order chi connectivity index (χ0) is 18.5. The van der Waals surface area contributed by atoms with Gasteiger partial charge in [-0.05, 0) is 24.9 Å². The lowest BCUT2D eigenvalue weighted by molar-refractivity contribution is -0.384. The number of ether oxygens (including phenoxy) is 1. The van der Waals surface area contributed by atoms with Gasteiger partial charge in [0.15, 0.2) is 0 Å². The Hall–Kier alpha value is -2.74. The second-order valence-electron chi connectivity index (χ2n) is 6.46. The van der Waals surface area contributed by atoms with Crippen LogP contribution in [0.2, 0.25) is 0 Å². The Morgan fingerprint density at radius 2 is 2.12 bits per heavy atom. The van der Waals surface area contributed by atoms with Crippen LogP contribution in [0.4, 0.5) is 11.6 Å². The molecule has 3 rings (SSSR count). The molecule has 0 amide bonds. The van der Waals surface area contributed by atoms with E-state index in [0.29, 0.717) is 17.9 Å². The molecule has 1 saturated heterocycles. The molecule has 8 nitrogen and oxygen atoms in total. The van der Waals surface area contributed by atoms with E-state index in [9.17, 15) is 10.1 Å². The van der Waals surface area contributed by atoms with Gasteiger partial charge in [0.1, 0.15) is 0 Å². The first-order chi connectivity index (χ1) is 12.6. The zero-order valence-electron chi connectivity index (χ0n) is 15.0. The molecular weight excluding hydrogens is 334 g/mol. The van der Waals surface area contributed by atoms with Gasteiger partial charge in [0.25, 0.3) is 5.69 Å². The molecule has 1 aromatic carbocycles. The van der Waals surface area contributed by atoms with Gasteiger partial charge < -0.3 is 9.64 Å². The van der Waals surface area contributed by atoms with E-state index < -0.39 is 0 Å². The highest BCUT2D eigenvalue weighted by atomic mass is 16.6. The van der Waals surface area contributed by atoms with Gasteiger partial charge in [0.05, 0.1) is 12.0 Å². The number of nitrogens with zero attached hydrogens (tertiary/aromatic N) is 5. The van der Waals surface area contributed by atoms with Crippen molar-refractivity contribution in [3.63, 3.8) is 0 Å². The van der Waals surface area contributed by atoms with Crippen LogP contribution in [-0.4, -0.2) is 53.1 Å². The molecule has 2 heterocycles. The largest absolute Gasteiger partial charge is 0.481 e. The van der Waals surface area contributed by atoms with Crippen molar-refractivity contribution in [2.45, 2.75) is 25.4 Å². The Balaban J connectivity index is 1.63. The maximum atomic E-state index is 10.8. The molecule has 1 aromatic heterocycles. The lowest BCUT2D eigenvalue weighted by atomic mass is 10.0. The quantitative estimate of drug-likeness (QED) is 0.580. The molecule has 2 aromatic rings. The van der Waals surface area contributed by atoms with Crippen LogP contribution in [0.15, 0.2) is 36.5 Å². The third-order valence-electron chi connectivity index (χ3n) is 4.72. The topological polar surface area (TPSA) is 84.6 Å². The standard InChI is InChI=1S/C18H23N5O3/c1-21(18-19-10-9-17(20-18)26-2)16-4-3-11-22(13-16)12-14-5-7-15(8-6-14)23(24)25/h5-10,16H,3-4,11-13H2,1-2H3. The normalized spacial score (nSPS) is 17.7. The van der Waals surface area contributed by atoms with E-state index in [1.165, 1.54) is 0 Å². The minimum atomic E-state index is -0.371. The molecule has 0 radical (unpaired) electrons. The Bertz CT molecular complexity index is 753. The number of nitro groups is 1. The summed E-state index contributed by atoms with van der Waals surface area (Å²) in [4.78, 5) is 23.6. The number of piperidine rings is 1. The van der Waals surface area contributed by atoms with Gasteiger partial charge in [0.2, 0.25) is 11.8 Å². The third kappa shape index (κ3) is 4.26. The molecule has 8 heteroatoms. The first kappa shape index (κ1) is 18.1. The van der Waals surface area contributed by atoms with Crippen molar-refractivity contribution in [3.8, 4) is 5.88 Å². The fourth-order valence-electron chi connectivity index (χ4n) is 3.25. The van der Waals surface area contributed by atoms with Crippen molar-refractivity contribution in [3.05, 3.63) is 52.2 Å². The summed E-state index contributed by atoms with van der Waals surface area (Å²) >= 11 is 0. The summed E-state index contributed by atoms with van der Waals surface area (Å²) in [5, 5.41) is 10.8. The Labute approximate surface area is 152 Å². The lowest BCUT2D eigenvalue weighted by Gasteiger charge is -2.37. The van der Waals surface area contributed by atoms with Crippen LogP contribution in [0.5, 0.6) is 5.88 Å². The van der Waals surface area contributed by atoms with Crippen molar-refractivity contribution in [2.75, 3.05) is 32.1 Å². The number of anilines is 1. The summed E-state index contributed by atoms with van der Waals surface area (Å²) in [7, 11) is 3.60. The summed E-state index contributed by atoms with van der Waals surface area (Å²) < 4.78 is 5.18. The molecule has 1 fully saturated rings. The monoisotopic (exact) mass is 357 g/mol. The number of aromatic nitrogens is 2. The summed E-state index contributed by atoms with van der Waals surface area (Å²) in [6.07, 6.45) is 3.87. The lowest BCUT2D eigenvalue weighted by Crippen LogP contribution is -2.46. The van der Waals surface area contributed by atoms with E-state index in [4.69, 9.17) is 4.74 Å². The van der Waals surface area contributed by atoms with Gasteiger partial charge in [-0.1, -0.05) is 12.1 Å². The van der Waals surface area contributed by atoms with E-state index in [1.54, 1.807) is 31.5 Å². The molecular formula is C18H23N5O3. The van der Waals surface area contributed by atoms with Crippen molar-refractivity contribution in [2.24, 2.45) is 0 Å². The summed E-state index contributed by atoms with van der Waals surface area (Å²) in [6, 6.07) is 8.83. The molecule has 0 N–H and O–H groups in total. The smallest absolute Gasteiger partial charge is 0.269 e. The van der Waals surface area contributed by atoms with Crippen LogP contribution in [0, 0.1) is 10.1 Å². The maximum absolute atomic E-state index is 10.8. The molecule has 1 unspecified atom stereocenters. The van der Waals surface area contributed by atoms with Crippen molar-refractivity contribution in [1.29, 1.82) is 0 Å². The van der Waals surface area contributed by atoms with E-state index in [0.717, 1.165) is 38.0 Å². The first-order valence-corrected chi connectivity index (χ1v) is 8.62. The zero-order valence-corrected chi connectivity index (χ0v) is 15.0. The van der Waals surface area contributed by atoms with Crippen molar-refractivity contribution < 1.29 is 9.66 Å². The maximum Gasteiger partial charge on any atom is 0.269 e. The average molecular weight is 357 g/mol. The number of hydrogen-bond donors (Lipinski definition) is 0. The SMILES string of the molecule is COc1ccnc(N(C)C2CCCN(Cc3ccc([N+](=O)[O-])cc3)C2)n1. The van der Waals surface area contributed by atoms with Gasteiger partial charge >= 0.3 is 0 Å². The molecule has 1 aliphatic rings. The first-order valence-electron chi connectivity index (χ1n) is 8.62. The molecule has 1 aliphatic heterocycles. The van der Waals surface area contributed by atoms with E-state index in [1.807, 2.05) is 19.2 Å². The van der Waals surface area contributed by atoms with Crippen LogP contribution in [0.25, 0.3) is 0 Å². The summed E-state index contributed by atoms with van der Waals surface area (Å²) in [6.45, 7) is 2.69. The van der Waals surface area contributed by atoms with Gasteiger partial charge in [-0.3, -0.25) is 15.0 Å². The number of rotatable bonds is 6. The minimum absolute atomic E-state index is 0.125. The van der Waals surface area contributed by atoms with Crippen molar-refractivity contribution >= 4 is 11.6 Å². The number of likely N-dealkylation sites (tertiary alicyclic amines) is 1. The highest BCUT2D eigenvalue weighted by molar-refractivity contribution is 5.34. The Morgan fingerprint density at radius 1 is 1.35 bits per heavy atom. The van der Waals surface area contributed by atoms with Crippen LogP contribution >= 0.6 is 0 Å². The fourth-order valence-corrected chi connectivity index (χ4v) is 3.25. The molecule has 0 aliphatic carbocycles. The summed E-state index contributed by atoms with van der Waals surface area (Å²) in [5.74, 6) is 1.21. The van der Waals surface area contributed by atoms with Gasteiger partial charge in [0, 0.05) is 50.6 Å². The van der Waals surface area contributed by atoms with E-state index in [-0.39, 0.29) is 10.6 Å². The van der Waals surface area contributed by atoms with Crippen LogP contribution in [0.3, 0.4) is 0 Å². The second-order valence-corrected chi connectivity index (χ2v) is 6.46. The molecule has 0 bridgehead atoms. The Kier molecular flexibility index (Phi) is 5.62.